The van der Waals surface area contributed by atoms with Gasteiger partial charge in [-0.15, -0.1) is 0 Å². The molecule has 0 spiro atoms. The van der Waals surface area contributed by atoms with E-state index in [0.29, 0.717) is 24.8 Å². The van der Waals surface area contributed by atoms with Crippen LogP contribution in [-0.4, -0.2) is 32.0 Å². The van der Waals surface area contributed by atoms with Crippen molar-refractivity contribution in [3.05, 3.63) is 64.7 Å². The molecule has 6 heteroatoms. The molecule has 0 fully saturated rings. The van der Waals surface area contributed by atoms with Gasteiger partial charge in [-0.25, -0.2) is 0 Å². The fourth-order valence-corrected chi connectivity index (χ4v) is 3.14. The predicted molar refractivity (Wildman–Crippen MR) is 101 cm³/mol. The highest BCUT2D eigenvalue weighted by Gasteiger charge is 2.33. The Kier molecular flexibility index (Phi) is 5.91. The van der Waals surface area contributed by atoms with Crippen LogP contribution in [0.2, 0.25) is 5.02 Å². The number of nitrogens with one attached hydrogen (secondary N) is 1. The number of ether oxygens (including phenoxy) is 1. The maximum Gasteiger partial charge on any atom is 0.228 e. The first kappa shape index (κ1) is 18.4. The Morgan fingerprint density at radius 3 is 2.73 bits per heavy atom. The van der Waals surface area contributed by atoms with Gasteiger partial charge in [-0.2, -0.15) is 0 Å². The van der Waals surface area contributed by atoms with Crippen LogP contribution in [0.4, 0.5) is 5.69 Å². The molecule has 0 aliphatic carbocycles. The molecule has 0 saturated carbocycles. The topological polar surface area (TPSA) is 58.6 Å². The SMILES string of the molecule is CN1C(=O)CC(C(=O)NCCOCc2ccc(Cl)cc2)c2ccccc21. The third kappa shape index (κ3) is 4.23. The van der Waals surface area contributed by atoms with Crippen molar-refractivity contribution in [3.63, 3.8) is 0 Å². The predicted octanol–water partition coefficient (Wildman–Crippen LogP) is 3.12. The first-order valence-corrected chi connectivity index (χ1v) is 8.89. The zero-order valence-corrected chi connectivity index (χ0v) is 15.3. The minimum absolute atomic E-state index is 0.0529. The van der Waals surface area contributed by atoms with Crippen LogP contribution in [0, 0.1) is 0 Å². The summed E-state index contributed by atoms with van der Waals surface area (Å²) in [4.78, 5) is 26.3. The smallest absolute Gasteiger partial charge is 0.228 e. The van der Waals surface area contributed by atoms with E-state index in [4.69, 9.17) is 16.3 Å². The summed E-state index contributed by atoms with van der Waals surface area (Å²) in [6, 6.07) is 15.0. The number of carbonyl (C=O) groups excluding carboxylic acids is 2. The number of nitrogens with zero attached hydrogens (tertiary/aromatic N) is 1. The number of para-hydroxylation sites is 1. The lowest BCUT2D eigenvalue weighted by atomic mass is 9.89. The molecule has 136 valence electrons. The van der Waals surface area contributed by atoms with Crippen LogP contribution in [0.5, 0.6) is 0 Å². The van der Waals surface area contributed by atoms with Gasteiger partial charge in [-0.3, -0.25) is 9.59 Å². The largest absolute Gasteiger partial charge is 0.375 e. The average molecular weight is 373 g/mol. The summed E-state index contributed by atoms with van der Waals surface area (Å²) in [5.74, 6) is -0.650. The van der Waals surface area contributed by atoms with Gasteiger partial charge in [0.25, 0.3) is 0 Å². The van der Waals surface area contributed by atoms with Gasteiger partial charge in [-0.1, -0.05) is 41.9 Å². The molecule has 1 aliphatic heterocycles. The van der Waals surface area contributed by atoms with Gasteiger partial charge in [0, 0.05) is 30.7 Å². The molecule has 5 nitrogen and oxygen atoms in total. The van der Waals surface area contributed by atoms with Gasteiger partial charge >= 0.3 is 0 Å². The summed E-state index contributed by atoms with van der Waals surface area (Å²) >= 11 is 5.84. The van der Waals surface area contributed by atoms with Crippen LogP contribution in [0.3, 0.4) is 0 Å². The van der Waals surface area contributed by atoms with Gasteiger partial charge in [0.1, 0.15) is 0 Å². The van der Waals surface area contributed by atoms with E-state index >= 15 is 0 Å². The van der Waals surface area contributed by atoms with Crippen LogP contribution < -0.4 is 10.2 Å². The molecule has 26 heavy (non-hydrogen) atoms. The maximum atomic E-state index is 12.5. The van der Waals surface area contributed by atoms with Gasteiger partial charge in [0.2, 0.25) is 11.8 Å². The second kappa shape index (κ2) is 8.34. The Bertz CT molecular complexity index is 792. The van der Waals surface area contributed by atoms with E-state index in [9.17, 15) is 9.59 Å². The van der Waals surface area contributed by atoms with Crippen LogP contribution >= 0.6 is 11.6 Å². The molecule has 3 rings (SSSR count). The maximum absolute atomic E-state index is 12.5. The molecular weight excluding hydrogens is 352 g/mol. The Hall–Kier alpha value is -2.37. The van der Waals surface area contributed by atoms with Crippen molar-refractivity contribution in [1.29, 1.82) is 0 Å². The summed E-state index contributed by atoms with van der Waals surface area (Å²) < 4.78 is 5.57. The number of rotatable bonds is 6. The van der Waals surface area contributed by atoms with E-state index in [0.717, 1.165) is 16.8 Å². The molecule has 1 atom stereocenters. The van der Waals surface area contributed by atoms with Gasteiger partial charge in [-0.05, 0) is 29.3 Å². The first-order chi connectivity index (χ1) is 12.6. The number of fused-ring (bicyclic) bond motifs is 1. The minimum atomic E-state index is -0.453. The second-order valence-corrected chi connectivity index (χ2v) is 6.67. The lowest BCUT2D eigenvalue weighted by molar-refractivity contribution is -0.127. The number of amides is 2. The first-order valence-electron chi connectivity index (χ1n) is 8.51. The summed E-state index contributed by atoms with van der Waals surface area (Å²) in [6.45, 7) is 1.26. The van der Waals surface area contributed by atoms with Gasteiger partial charge < -0.3 is 15.0 Å². The van der Waals surface area contributed by atoms with Gasteiger partial charge in [0.15, 0.2) is 0 Å². The summed E-state index contributed by atoms with van der Waals surface area (Å²) in [5, 5.41) is 3.56. The summed E-state index contributed by atoms with van der Waals surface area (Å²) in [5.41, 5.74) is 2.70. The molecule has 1 unspecified atom stereocenters. The third-order valence-corrected chi connectivity index (χ3v) is 4.72. The van der Waals surface area contributed by atoms with E-state index in [2.05, 4.69) is 5.32 Å². The molecule has 1 heterocycles. The standard InChI is InChI=1S/C20H21ClN2O3/c1-23-18-5-3-2-4-16(18)17(12-19(23)24)20(25)22-10-11-26-13-14-6-8-15(21)9-7-14/h2-9,17H,10-13H2,1H3,(H,22,25). The quantitative estimate of drug-likeness (QED) is 0.792. The number of benzene rings is 2. The third-order valence-electron chi connectivity index (χ3n) is 4.47. The van der Waals surface area contributed by atoms with Crippen LogP contribution in [0.1, 0.15) is 23.5 Å². The lowest BCUT2D eigenvalue weighted by Gasteiger charge is -2.30. The highest BCUT2D eigenvalue weighted by atomic mass is 35.5. The van der Waals surface area contributed by atoms with Crippen molar-refractivity contribution in [1.82, 2.24) is 5.32 Å². The van der Waals surface area contributed by atoms with E-state index in [1.165, 1.54) is 0 Å². The Labute approximate surface area is 157 Å². The van der Waals surface area contributed by atoms with Crippen LogP contribution in [-0.2, 0) is 20.9 Å². The van der Waals surface area contributed by atoms with Crippen LogP contribution in [0.25, 0.3) is 0 Å². The molecule has 2 aromatic carbocycles. The molecule has 0 aromatic heterocycles. The fraction of sp³-hybridized carbons (Fsp3) is 0.300. The van der Waals surface area contributed by atoms with Crippen molar-refractivity contribution >= 4 is 29.1 Å². The van der Waals surface area contributed by atoms with E-state index in [1.54, 1.807) is 11.9 Å². The van der Waals surface area contributed by atoms with E-state index < -0.39 is 5.92 Å². The summed E-state index contributed by atoms with van der Waals surface area (Å²) in [7, 11) is 1.74. The number of hydrogen-bond donors (Lipinski definition) is 1. The Balaban J connectivity index is 1.50. The Morgan fingerprint density at radius 2 is 1.96 bits per heavy atom. The van der Waals surface area contributed by atoms with Gasteiger partial charge in [0.05, 0.1) is 19.1 Å². The Morgan fingerprint density at radius 1 is 1.23 bits per heavy atom. The second-order valence-electron chi connectivity index (χ2n) is 6.24. The lowest BCUT2D eigenvalue weighted by Crippen LogP contribution is -2.40. The number of anilines is 1. The van der Waals surface area contributed by atoms with Crippen molar-refractivity contribution < 1.29 is 14.3 Å². The molecule has 1 N–H and O–H groups in total. The zero-order valence-electron chi connectivity index (χ0n) is 14.6. The zero-order chi connectivity index (χ0) is 18.5. The average Bonchev–Trinajstić information content (AvgIpc) is 2.65. The van der Waals surface area contributed by atoms with E-state index in [-0.39, 0.29) is 18.2 Å². The van der Waals surface area contributed by atoms with Crippen molar-refractivity contribution in [2.45, 2.75) is 18.9 Å². The van der Waals surface area contributed by atoms with Crippen LogP contribution in [0.15, 0.2) is 48.5 Å². The molecule has 2 aromatic rings. The van der Waals surface area contributed by atoms with Crippen molar-refractivity contribution in [2.75, 3.05) is 25.1 Å². The highest BCUT2D eigenvalue weighted by Crippen LogP contribution is 2.34. The van der Waals surface area contributed by atoms with E-state index in [1.807, 2.05) is 48.5 Å². The normalized spacial score (nSPS) is 16.3. The molecular formula is C20H21ClN2O3. The molecule has 0 bridgehead atoms. The highest BCUT2D eigenvalue weighted by molar-refractivity contribution is 6.30. The van der Waals surface area contributed by atoms with Crippen molar-refractivity contribution in [2.24, 2.45) is 0 Å². The number of hydrogen-bond acceptors (Lipinski definition) is 3. The number of carbonyl (C=O) groups is 2. The molecule has 0 saturated heterocycles. The molecule has 2 amide bonds. The minimum Gasteiger partial charge on any atom is -0.375 e. The monoisotopic (exact) mass is 372 g/mol. The summed E-state index contributed by atoms with van der Waals surface area (Å²) in [6.07, 6.45) is 0.185. The molecule has 1 aliphatic rings. The molecule has 0 radical (unpaired) electrons. The fourth-order valence-electron chi connectivity index (χ4n) is 3.02. The van der Waals surface area contributed by atoms with Crippen molar-refractivity contribution in [3.8, 4) is 0 Å². The number of halogens is 1.